The van der Waals surface area contributed by atoms with Crippen LogP contribution in [0.1, 0.15) is 0 Å². The molecule has 0 atom stereocenters. The fourth-order valence-electron chi connectivity index (χ4n) is 1.70. The van der Waals surface area contributed by atoms with Gasteiger partial charge in [0.2, 0.25) is 0 Å². The molecule has 1 rings (SSSR count). The fourth-order valence-corrected chi connectivity index (χ4v) is 1.70. The van der Waals surface area contributed by atoms with E-state index in [1.165, 1.54) is 0 Å². The molecule has 0 saturated carbocycles. The predicted octanol–water partition coefficient (Wildman–Crippen LogP) is 5.64. The monoisotopic (exact) mass is 475 g/mol. The lowest BCUT2D eigenvalue weighted by Crippen LogP contribution is -2.71. The normalized spacial score (nSPS) is 14.6. The van der Waals surface area contributed by atoms with Crippen molar-refractivity contribution in [1.82, 2.24) is 0 Å². The van der Waals surface area contributed by atoms with Gasteiger partial charge in [-0.15, -0.1) is 0 Å². The zero-order chi connectivity index (χ0) is 24.1. The molecule has 0 heterocycles. The molecule has 172 valence electrons. The summed E-state index contributed by atoms with van der Waals surface area (Å²) < 4.78 is 193. The van der Waals surface area contributed by atoms with Gasteiger partial charge in [-0.3, -0.25) is 4.79 Å². The highest BCUT2D eigenvalue weighted by molar-refractivity contribution is 5.97. The number of nitrogens with one attached hydrogen (secondary N) is 1. The summed E-state index contributed by atoms with van der Waals surface area (Å²) in [5.74, 6) is -46.3. The van der Waals surface area contributed by atoms with E-state index in [0.717, 1.165) is 0 Å². The van der Waals surface area contributed by atoms with Crippen LogP contribution in [0.5, 0.6) is 0 Å². The molecular formula is C13H4F15NO. The second kappa shape index (κ2) is 7.11. The Bertz CT molecular complexity index is 813. The lowest BCUT2D eigenvalue weighted by molar-refractivity contribution is -0.435. The van der Waals surface area contributed by atoms with Crippen LogP contribution >= 0.6 is 0 Å². The van der Waals surface area contributed by atoms with E-state index in [2.05, 4.69) is 0 Å². The second-order valence-corrected chi connectivity index (χ2v) is 5.45. The molecule has 0 unspecified atom stereocenters. The van der Waals surface area contributed by atoms with Crippen LogP contribution in [0.4, 0.5) is 71.5 Å². The Morgan fingerprint density at radius 3 is 1.50 bits per heavy atom. The summed E-state index contributed by atoms with van der Waals surface area (Å²) in [4.78, 5) is 11.1. The van der Waals surface area contributed by atoms with E-state index >= 15 is 0 Å². The van der Waals surface area contributed by atoms with E-state index in [1.807, 2.05) is 0 Å². The van der Waals surface area contributed by atoms with Crippen molar-refractivity contribution in [2.24, 2.45) is 0 Å². The number of rotatable bonds is 6. The molecule has 0 aliphatic rings. The number of benzene rings is 1. The summed E-state index contributed by atoms with van der Waals surface area (Å²) >= 11 is 0. The van der Waals surface area contributed by atoms with Gasteiger partial charge in [0.15, 0.2) is 0 Å². The van der Waals surface area contributed by atoms with Crippen LogP contribution in [0.25, 0.3) is 0 Å². The van der Waals surface area contributed by atoms with Crippen molar-refractivity contribution in [3.8, 4) is 0 Å². The third-order valence-corrected chi connectivity index (χ3v) is 3.40. The number of hydrogen-bond donors (Lipinski definition) is 1. The van der Waals surface area contributed by atoms with Gasteiger partial charge >= 0.3 is 41.7 Å². The quantitative estimate of drug-likeness (QED) is 0.531. The van der Waals surface area contributed by atoms with E-state index < -0.39 is 59.0 Å². The summed E-state index contributed by atoms with van der Waals surface area (Å²) in [6, 6.07) is 0.168. The lowest BCUT2D eigenvalue weighted by Gasteiger charge is -2.39. The third-order valence-electron chi connectivity index (χ3n) is 3.40. The van der Waals surface area contributed by atoms with Crippen molar-refractivity contribution in [2.75, 3.05) is 5.32 Å². The summed E-state index contributed by atoms with van der Waals surface area (Å²) in [5, 5.41) is 0.478. The minimum Gasteiger partial charge on any atom is -0.318 e. The van der Waals surface area contributed by atoms with Crippen LogP contribution in [0.2, 0.25) is 0 Å². The number of alkyl halides is 13. The fraction of sp³-hybridized carbons (Fsp3) is 0.462. The lowest BCUT2D eigenvalue weighted by atomic mass is 9.93. The molecule has 0 spiro atoms. The Labute approximate surface area is 154 Å². The van der Waals surface area contributed by atoms with Gasteiger partial charge in [-0.05, 0) is 12.1 Å². The minimum absolute atomic E-state index is 0.0847. The first-order valence-corrected chi connectivity index (χ1v) is 6.78. The van der Waals surface area contributed by atoms with Crippen LogP contribution in [0.15, 0.2) is 18.2 Å². The Kier molecular flexibility index (Phi) is 6.08. The van der Waals surface area contributed by atoms with E-state index in [9.17, 15) is 70.7 Å². The molecule has 0 saturated heterocycles. The molecule has 1 N–H and O–H groups in total. The maximum Gasteiger partial charge on any atom is 0.460 e. The zero-order valence-electron chi connectivity index (χ0n) is 13.3. The Balaban J connectivity index is 3.42. The van der Waals surface area contributed by atoms with Crippen molar-refractivity contribution in [3.05, 3.63) is 29.8 Å². The number of anilines is 1. The molecule has 0 radical (unpaired) electrons. The summed E-state index contributed by atoms with van der Waals surface area (Å²) in [7, 11) is 0. The van der Waals surface area contributed by atoms with Gasteiger partial charge in [-0.25, -0.2) is 8.78 Å². The Morgan fingerprint density at radius 2 is 1.10 bits per heavy atom. The van der Waals surface area contributed by atoms with Gasteiger partial charge < -0.3 is 5.32 Å². The van der Waals surface area contributed by atoms with Crippen LogP contribution in [0.3, 0.4) is 0 Å². The molecule has 0 aliphatic heterocycles. The molecule has 17 heteroatoms. The highest BCUT2D eigenvalue weighted by atomic mass is 19.4. The predicted molar refractivity (Wildman–Crippen MR) is 65.8 cm³/mol. The van der Waals surface area contributed by atoms with E-state index in [4.69, 9.17) is 0 Å². The molecule has 1 amide bonds. The summed E-state index contributed by atoms with van der Waals surface area (Å²) in [6.45, 7) is 0. The zero-order valence-corrected chi connectivity index (χ0v) is 13.3. The Morgan fingerprint density at radius 1 is 0.667 bits per heavy atom. The molecule has 0 bridgehead atoms. The first-order valence-electron chi connectivity index (χ1n) is 6.78. The average Bonchev–Trinajstić information content (AvgIpc) is 2.55. The van der Waals surface area contributed by atoms with E-state index in [-0.39, 0.29) is 18.2 Å². The van der Waals surface area contributed by atoms with E-state index in [0.29, 0.717) is 5.32 Å². The standard InChI is InChI=1S/C13H4F15NO/c14-4-1-2-6(5(15)3-4)29-7(30)8(16,17)9(18,19)10(20,21)11(22,23)12(24,25)13(26,27)28/h1-3H,(H,29,30). The molecular weight excluding hydrogens is 471 g/mol. The smallest absolute Gasteiger partial charge is 0.318 e. The highest BCUT2D eigenvalue weighted by Crippen LogP contribution is 2.60. The number of carbonyl (C=O) groups is 1. The first kappa shape index (κ1) is 25.7. The molecule has 1 aromatic rings. The number of amides is 1. The maximum absolute atomic E-state index is 13.5. The molecule has 30 heavy (non-hydrogen) atoms. The molecule has 0 fully saturated rings. The average molecular weight is 475 g/mol. The summed E-state index contributed by atoms with van der Waals surface area (Å²) in [6.07, 6.45) is -7.59. The van der Waals surface area contributed by atoms with Crippen molar-refractivity contribution < 1.29 is 70.7 Å². The van der Waals surface area contributed by atoms with Gasteiger partial charge in [-0.1, -0.05) is 0 Å². The van der Waals surface area contributed by atoms with Crippen LogP contribution in [0, 0.1) is 11.6 Å². The van der Waals surface area contributed by atoms with Crippen molar-refractivity contribution in [1.29, 1.82) is 0 Å². The van der Waals surface area contributed by atoms with Gasteiger partial charge in [0.05, 0.1) is 5.69 Å². The topological polar surface area (TPSA) is 29.1 Å². The molecule has 0 aliphatic carbocycles. The minimum atomic E-state index is -8.17. The Hall–Kier alpha value is -2.36. The number of hydrogen-bond acceptors (Lipinski definition) is 1. The van der Waals surface area contributed by atoms with Crippen molar-refractivity contribution in [2.45, 2.75) is 35.8 Å². The van der Waals surface area contributed by atoms with Gasteiger partial charge in [-0.2, -0.15) is 57.1 Å². The highest BCUT2D eigenvalue weighted by Gasteiger charge is 2.91. The first-order chi connectivity index (χ1) is 13.1. The number of halogens is 15. The van der Waals surface area contributed by atoms with E-state index in [1.54, 1.807) is 0 Å². The largest absolute Gasteiger partial charge is 0.460 e. The van der Waals surface area contributed by atoms with Crippen LogP contribution in [-0.2, 0) is 4.79 Å². The summed E-state index contributed by atoms with van der Waals surface area (Å²) in [5.41, 5.74) is -1.58. The molecule has 2 nitrogen and oxygen atoms in total. The van der Waals surface area contributed by atoms with Crippen molar-refractivity contribution in [3.63, 3.8) is 0 Å². The molecule has 0 aromatic heterocycles. The van der Waals surface area contributed by atoms with Crippen molar-refractivity contribution >= 4 is 11.6 Å². The second-order valence-electron chi connectivity index (χ2n) is 5.45. The van der Waals surface area contributed by atoms with Gasteiger partial charge in [0.1, 0.15) is 11.6 Å². The molecule has 1 aromatic carbocycles. The SMILES string of the molecule is O=C(Nc1ccc(F)cc1F)C(F)(F)C(F)(F)C(F)(F)C(F)(F)C(F)(F)C(F)(F)F. The van der Waals surface area contributed by atoms with Crippen LogP contribution < -0.4 is 5.32 Å². The van der Waals surface area contributed by atoms with Gasteiger partial charge in [0.25, 0.3) is 0 Å². The van der Waals surface area contributed by atoms with Gasteiger partial charge in [0, 0.05) is 6.07 Å². The number of carbonyl (C=O) groups excluding carboxylic acids is 1. The third kappa shape index (κ3) is 3.61. The van der Waals surface area contributed by atoms with Crippen LogP contribution in [-0.4, -0.2) is 41.7 Å². The maximum atomic E-state index is 13.5.